The van der Waals surface area contributed by atoms with Crippen LogP contribution >= 0.6 is 23.1 Å². The zero-order valence-corrected chi connectivity index (χ0v) is 16.3. The van der Waals surface area contributed by atoms with Crippen LogP contribution in [0.1, 0.15) is 19.3 Å². The summed E-state index contributed by atoms with van der Waals surface area (Å²) in [5, 5.41) is 5.63. The van der Waals surface area contributed by atoms with E-state index in [1.54, 1.807) is 19.2 Å². The molecule has 3 aromatic rings. The van der Waals surface area contributed by atoms with Gasteiger partial charge in [0.2, 0.25) is 5.91 Å². The molecule has 1 atom stereocenters. The van der Waals surface area contributed by atoms with E-state index in [9.17, 15) is 14.0 Å². The third-order valence-corrected chi connectivity index (χ3v) is 6.84. The van der Waals surface area contributed by atoms with Crippen molar-refractivity contribution in [3.8, 4) is 11.1 Å². The minimum Gasteiger partial charge on any atom is -0.355 e. The molecule has 1 aliphatic rings. The number of rotatable bonds is 3. The highest BCUT2D eigenvalue weighted by Gasteiger charge is 2.24. The lowest BCUT2D eigenvalue weighted by molar-refractivity contribution is -0.120. The Balaban J connectivity index is 1.75. The lowest BCUT2D eigenvalue weighted by Crippen LogP contribution is -2.31. The van der Waals surface area contributed by atoms with E-state index in [0.29, 0.717) is 21.9 Å². The minimum absolute atomic E-state index is 0.00465. The second-order valence-corrected chi connectivity index (χ2v) is 8.52. The average Bonchev–Trinajstić information content (AvgIpc) is 2.98. The van der Waals surface area contributed by atoms with Crippen LogP contribution in [0, 0.1) is 5.82 Å². The van der Waals surface area contributed by atoms with Crippen molar-refractivity contribution < 1.29 is 9.18 Å². The molecule has 1 fully saturated rings. The molecule has 1 aliphatic heterocycles. The number of nitrogens with zero attached hydrogens (tertiary/aromatic N) is 2. The summed E-state index contributed by atoms with van der Waals surface area (Å²) in [4.78, 5) is 30.5. The number of fused-ring (bicyclic) bond motifs is 1. The average molecular weight is 404 g/mol. The number of carbonyl (C=O) groups excluding carboxylic acids is 1. The number of benzene rings is 1. The lowest BCUT2D eigenvalue weighted by Gasteiger charge is -2.14. The summed E-state index contributed by atoms with van der Waals surface area (Å²) in [6.45, 7) is 0.702. The summed E-state index contributed by atoms with van der Waals surface area (Å²) < 4.78 is 14.7. The van der Waals surface area contributed by atoms with Crippen LogP contribution in [0.2, 0.25) is 0 Å². The molecule has 0 aliphatic carbocycles. The molecule has 0 saturated carbocycles. The Kier molecular flexibility index (Phi) is 5.01. The van der Waals surface area contributed by atoms with Crippen molar-refractivity contribution in [2.24, 2.45) is 7.05 Å². The van der Waals surface area contributed by atoms with Crippen LogP contribution in [-0.2, 0) is 11.8 Å². The Morgan fingerprint density at radius 2 is 2.04 bits per heavy atom. The van der Waals surface area contributed by atoms with Crippen LogP contribution in [0.15, 0.2) is 39.6 Å². The zero-order chi connectivity index (χ0) is 19.0. The molecule has 1 saturated heterocycles. The molecule has 8 heteroatoms. The van der Waals surface area contributed by atoms with E-state index in [1.807, 2.05) is 5.38 Å². The number of amides is 1. The van der Waals surface area contributed by atoms with Crippen molar-refractivity contribution in [2.75, 3.05) is 6.54 Å². The number of halogens is 1. The van der Waals surface area contributed by atoms with E-state index in [1.165, 1.54) is 39.8 Å². The van der Waals surface area contributed by atoms with Crippen molar-refractivity contribution in [2.45, 2.75) is 29.7 Å². The van der Waals surface area contributed by atoms with Gasteiger partial charge in [-0.15, -0.1) is 11.3 Å². The van der Waals surface area contributed by atoms with Crippen molar-refractivity contribution in [1.29, 1.82) is 0 Å². The molecule has 1 amide bonds. The maximum absolute atomic E-state index is 13.2. The minimum atomic E-state index is -0.315. The highest BCUT2D eigenvalue weighted by molar-refractivity contribution is 8.00. The van der Waals surface area contributed by atoms with Gasteiger partial charge >= 0.3 is 0 Å². The number of hydrogen-bond donors (Lipinski definition) is 1. The number of carbonyl (C=O) groups is 1. The monoisotopic (exact) mass is 403 g/mol. The molecule has 0 radical (unpaired) electrons. The predicted octanol–water partition coefficient (Wildman–Crippen LogP) is 3.56. The van der Waals surface area contributed by atoms with Gasteiger partial charge in [0, 0.05) is 24.5 Å². The number of nitrogens with one attached hydrogen (secondary N) is 1. The predicted molar refractivity (Wildman–Crippen MR) is 107 cm³/mol. The smallest absolute Gasteiger partial charge is 0.263 e. The van der Waals surface area contributed by atoms with Crippen LogP contribution in [-0.4, -0.2) is 27.3 Å². The van der Waals surface area contributed by atoms with Crippen LogP contribution < -0.4 is 10.9 Å². The fraction of sp³-hybridized carbons (Fsp3) is 0.316. The molecular formula is C19H18FN3O2S2. The van der Waals surface area contributed by atoms with Gasteiger partial charge in [-0.1, -0.05) is 30.3 Å². The number of thiophene rings is 1. The van der Waals surface area contributed by atoms with E-state index < -0.39 is 0 Å². The summed E-state index contributed by atoms with van der Waals surface area (Å²) >= 11 is 2.73. The van der Waals surface area contributed by atoms with E-state index in [2.05, 4.69) is 10.3 Å². The third-order valence-electron chi connectivity index (χ3n) is 4.66. The van der Waals surface area contributed by atoms with E-state index in [0.717, 1.165) is 30.4 Å². The van der Waals surface area contributed by atoms with Gasteiger partial charge in [0.05, 0.1) is 10.6 Å². The topological polar surface area (TPSA) is 64.0 Å². The Bertz CT molecular complexity index is 1060. The van der Waals surface area contributed by atoms with Crippen LogP contribution in [0.4, 0.5) is 4.39 Å². The Hall–Kier alpha value is -2.19. The molecule has 27 heavy (non-hydrogen) atoms. The number of thioether (sulfide) groups is 1. The van der Waals surface area contributed by atoms with E-state index in [4.69, 9.17) is 0 Å². The zero-order valence-electron chi connectivity index (χ0n) is 14.7. The highest BCUT2D eigenvalue weighted by Crippen LogP contribution is 2.33. The SMILES string of the molecule is Cn1c(S[C@H]2CCCCNC2=O)nc2scc(-c3ccc(F)cc3)c2c1=O. The van der Waals surface area contributed by atoms with Gasteiger partial charge in [-0.25, -0.2) is 9.37 Å². The summed E-state index contributed by atoms with van der Waals surface area (Å²) in [6.07, 6.45) is 2.72. The molecule has 2 aromatic heterocycles. The van der Waals surface area contributed by atoms with E-state index >= 15 is 0 Å². The van der Waals surface area contributed by atoms with Crippen molar-refractivity contribution >= 4 is 39.2 Å². The first-order chi connectivity index (χ1) is 13.0. The Morgan fingerprint density at radius 1 is 1.26 bits per heavy atom. The molecular weight excluding hydrogens is 385 g/mol. The van der Waals surface area contributed by atoms with Gasteiger partial charge in [0.1, 0.15) is 10.6 Å². The highest BCUT2D eigenvalue weighted by atomic mass is 32.2. The number of hydrogen-bond acceptors (Lipinski definition) is 5. The summed E-state index contributed by atoms with van der Waals surface area (Å²) in [5.74, 6) is -0.310. The van der Waals surface area contributed by atoms with Crippen molar-refractivity contribution in [3.05, 3.63) is 45.8 Å². The molecule has 5 nitrogen and oxygen atoms in total. The molecule has 4 rings (SSSR count). The van der Waals surface area contributed by atoms with E-state index in [-0.39, 0.29) is 22.5 Å². The van der Waals surface area contributed by atoms with Gasteiger partial charge in [-0.05, 0) is 30.5 Å². The van der Waals surface area contributed by atoms with Gasteiger partial charge in [0.15, 0.2) is 5.16 Å². The summed E-state index contributed by atoms with van der Waals surface area (Å²) in [7, 11) is 1.68. The molecule has 0 bridgehead atoms. The Labute approximate surface area is 163 Å². The van der Waals surface area contributed by atoms with Crippen LogP contribution in [0.5, 0.6) is 0 Å². The molecule has 140 valence electrons. The normalized spacial score (nSPS) is 17.7. The first kappa shape index (κ1) is 18.2. The van der Waals surface area contributed by atoms with Crippen molar-refractivity contribution in [1.82, 2.24) is 14.9 Å². The molecule has 3 heterocycles. The van der Waals surface area contributed by atoms with Crippen molar-refractivity contribution in [3.63, 3.8) is 0 Å². The maximum Gasteiger partial charge on any atom is 0.263 e. The molecule has 1 aromatic carbocycles. The summed E-state index contributed by atoms with van der Waals surface area (Å²) in [6, 6.07) is 6.08. The second kappa shape index (κ2) is 7.44. The second-order valence-electron chi connectivity index (χ2n) is 6.49. The fourth-order valence-corrected chi connectivity index (χ4v) is 5.26. The standard InChI is InChI=1S/C19H18FN3O2S2/c1-23-18(25)15-13(11-5-7-12(20)8-6-11)10-26-17(15)22-19(23)27-14-4-2-3-9-21-16(14)24/h5-8,10,14H,2-4,9H2,1H3,(H,21,24)/t14-/m0/s1. The van der Waals surface area contributed by atoms with Crippen LogP contribution in [0.3, 0.4) is 0 Å². The largest absolute Gasteiger partial charge is 0.355 e. The quantitative estimate of drug-likeness (QED) is 0.679. The fourth-order valence-electron chi connectivity index (χ4n) is 3.15. The molecule has 0 spiro atoms. The van der Waals surface area contributed by atoms with Gasteiger partial charge < -0.3 is 5.32 Å². The summed E-state index contributed by atoms with van der Waals surface area (Å²) in [5.41, 5.74) is 1.38. The lowest BCUT2D eigenvalue weighted by atomic mass is 10.1. The number of aromatic nitrogens is 2. The first-order valence-corrected chi connectivity index (χ1v) is 10.5. The Morgan fingerprint density at radius 3 is 2.81 bits per heavy atom. The van der Waals surface area contributed by atoms with Gasteiger partial charge in [-0.2, -0.15) is 0 Å². The maximum atomic E-state index is 13.2. The van der Waals surface area contributed by atoms with Gasteiger partial charge in [0.25, 0.3) is 5.56 Å². The van der Waals surface area contributed by atoms with Crippen LogP contribution in [0.25, 0.3) is 21.3 Å². The van der Waals surface area contributed by atoms with Gasteiger partial charge in [-0.3, -0.25) is 14.2 Å². The third kappa shape index (κ3) is 3.51. The molecule has 1 N–H and O–H groups in total. The first-order valence-electron chi connectivity index (χ1n) is 8.73. The molecule has 0 unspecified atom stereocenters.